The minimum Gasteiger partial charge on any atom is -0.376 e. The van der Waals surface area contributed by atoms with Crippen molar-refractivity contribution in [2.75, 3.05) is 11.9 Å². The molecule has 1 N–H and O–H groups in total. The van der Waals surface area contributed by atoms with Crippen LogP contribution < -0.4 is 5.32 Å². The average Bonchev–Trinajstić information content (AvgIpc) is 3.11. The molecule has 1 unspecified atom stereocenters. The van der Waals surface area contributed by atoms with E-state index in [4.69, 9.17) is 9.72 Å². The van der Waals surface area contributed by atoms with Gasteiger partial charge in [0.1, 0.15) is 5.82 Å². The van der Waals surface area contributed by atoms with Gasteiger partial charge in [-0.2, -0.15) is 9.78 Å². The zero-order chi connectivity index (χ0) is 18.4. The molecule has 1 aliphatic heterocycles. The number of hydrogen-bond acceptors (Lipinski definition) is 4. The number of carbonyl (C=O) groups excluding carboxylic acids is 1. The minimum absolute atomic E-state index is 0.0675. The van der Waals surface area contributed by atoms with Gasteiger partial charge in [0, 0.05) is 18.6 Å². The Kier molecular flexibility index (Phi) is 3.97. The quantitative estimate of drug-likeness (QED) is 0.754. The lowest BCUT2D eigenvalue weighted by Crippen LogP contribution is -2.21. The summed E-state index contributed by atoms with van der Waals surface area (Å²) in [5.74, 6) is 1.59. The normalized spacial score (nSPS) is 19.7. The monoisotopic (exact) mass is 365 g/mol. The molecule has 27 heavy (non-hydrogen) atoms. The molecule has 3 aromatic rings. The summed E-state index contributed by atoms with van der Waals surface area (Å²) in [6.45, 7) is 3.47. The van der Waals surface area contributed by atoms with E-state index >= 15 is 0 Å². The van der Waals surface area contributed by atoms with E-state index in [1.165, 1.54) is 0 Å². The lowest BCUT2D eigenvalue weighted by molar-refractivity contribution is -0.117. The number of benzene rings is 1. The first-order chi connectivity index (χ1) is 13.2. The third-order valence-corrected chi connectivity index (χ3v) is 5.26. The maximum absolute atomic E-state index is 12.3. The molecule has 0 radical (unpaired) electrons. The van der Waals surface area contributed by atoms with Crippen molar-refractivity contribution in [3.8, 4) is 5.95 Å². The molecule has 7 heteroatoms. The number of para-hydroxylation sites is 2. The highest BCUT2D eigenvalue weighted by Gasteiger charge is 2.31. The van der Waals surface area contributed by atoms with E-state index in [0.717, 1.165) is 55.6 Å². The Bertz CT molecular complexity index is 995. The van der Waals surface area contributed by atoms with Gasteiger partial charge in [0.15, 0.2) is 0 Å². The first-order valence-corrected chi connectivity index (χ1v) is 9.64. The fraction of sp³-hybridized carbons (Fsp3) is 0.450. The zero-order valence-corrected chi connectivity index (χ0v) is 15.4. The Morgan fingerprint density at radius 3 is 2.93 bits per heavy atom. The van der Waals surface area contributed by atoms with Gasteiger partial charge in [-0.3, -0.25) is 4.79 Å². The Morgan fingerprint density at radius 2 is 2.15 bits per heavy atom. The fourth-order valence-electron chi connectivity index (χ4n) is 3.71. The first kappa shape index (κ1) is 16.5. The van der Waals surface area contributed by atoms with Crippen LogP contribution in [0.3, 0.4) is 0 Å². The largest absolute Gasteiger partial charge is 0.376 e. The number of fused-ring (bicyclic) bond motifs is 1. The number of nitrogens with zero attached hydrogens (tertiary/aromatic N) is 4. The Hall–Kier alpha value is -2.67. The molecule has 5 rings (SSSR count). The second kappa shape index (κ2) is 6.49. The van der Waals surface area contributed by atoms with E-state index in [2.05, 4.69) is 21.0 Å². The molecule has 2 aromatic heterocycles. The molecule has 1 saturated carbocycles. The summed E-state index contributed by atoms with van der Waals surface area (Å²) in [6, 6.07) is 9.98. The molecular formula is C20H23N5O2. The van der Waals surface area contributed by atoms with Crippen molar-refractivity contribution in [1.29, 1.82) is 0 Å². The summed E-state index contributed by atoms with van der Waals surface area (Å²) in [5, 5.41) is 7.66. The average molecular weight is 365 g/mol. The second-order valence-electron chi connectivity index (χ2n) is 7.49. The molecule has 1 aromatic carbocycles. The van der Waals surface area contributed by atoms with Crippen molar-refractivity contribution < 1.29 is 9.53 Å². The van der Waals surface area contributed by atoms with Crippen molar-refractivity contribution in [1.82, 2.24) is 19.3 Å². The predicted octanol–water partition coefficient (Wildman–Crippen LogP) is 3.06. The van der Waals surface area contributed by atoms with Crippen LogP contribution in [0.2, 0.25) is 0 Å². The first-order valence-electron chi connectivity index (χ1n) is 9.64. The van der Waals surface area contributed by atoms with Crippen molar-refractivity contribution in [2.24, 2.45) is 5.92 Å². The maximum atomic E-state index is 12.3. The number of ether oxygens (including phenoxy) is 1. The number of carbonyl (C=O) groups is 1. The molecule has 2 aliphatic rings. The summed E-state index contributed by atoms with van der Waals surface area (Å²) in [6.07, 6.45) is 4.26. The molecule has 0 bridgehead atoms. The summed E-state index contributed by atoms with van der Waals surface area (Å²) >= 11 is 0. The van der Waals surface area contributed by atoms with Gasteiger partial charge in [-0.25, -0.2) is 4.98 Å². The summed E-state index contributed by atoms with van der Waals surface area (Å²) in [4.78, 5) is 17.1. The van der Waals surface area contributed by atoms with Crippen LogP contribution >= 0.6 is 0 Å². The summed E-state index contributed by atoms with van der Waals surface area (Å²) in [7, 11) is 0. The molecule has 1 saturated heterocycles. The van der Waals surface area contributed by atoms with Crippen LogP contribution in [0.5, 0.6) is 0 Å². The van der Waals surface area contributed by atoms with E-state index in [1.54, 1.807) is 4.68 Å². The predicted molar refractivity (Wildman–Crippen MR) is 102 cm³/mol. The number of aryl methyl sites for hydroxylation is 1. The molecule has 7 nitrogen and oxygen atoms in total. The Balaban J connectivity index is 1.58. The van der Waals surface area contributed by atoms with E-state index in [-0.39, 0.29) is 17.9 Å². The molecule has 0 spiro atoms. The van der Waals surface area contributed by atoms with E-state index in [9.17, 15) is 4.79 Å². The molecule has 1 amide bonds. The highest BCUT2D eigenvalue weighted by molar-refractivity contribution is 5.93. The van der Waals surface area contributed by atoms with Crippen LogP contribution in [0, 0.1) is 12.8 Å². The van der Waals surface area contributed by atoms with Gasteiger partial charge in [0.05, 0.1) is 29.4 Å². The summed E-state index contributed by atoms with van der Waals surface area (Å²) < 4.78 is 9.77. The minimum atomic E-state index is 0.0675. The third-order valence-electron chi connectivity index (χ3n) is 5.26. The van der Waals surface area contributed by atoms with Crippen molar-refractivity contribution in [3.05, 3.63) is 36.0 Å². The van der Waals surface area contributed by atoms with Crippen LogP contribution in [-0.4, -0.2) is 37.9 Å². The summed E-state index contributed by atoms with van der Waals surface area (Å²) in [5.41, 5.74) is 2.81. The van der Waals surface area contributed by atoms with Crippen LogP contribution in [0.15, 0.2) is 30.3 Å². The van der Waals surface area contributed by atoms with Crippen molar-refractivity contribution >= 4 is 22.8 Å². The number of nitrogens with one attached hydrogen (secondary N) is 1. The molecule has 1 aliphatic carbocycles. The van der Waals surface area contributed by atoms with E-state index < -0.39 is 0 Å². The number of rotatable bonds is 5. The van der Waals surface area contributed by atoms with Crippen LogP contribution in [0.1, 0.15) is 31.4 Å². The molecule has 1 atom stereocenters. The van der Waals surface area contributed by atoms with Gasteiger partial charge >= 0.3 is 0 Å². The van der Waals surface area contributed by atoms with Gasteiger partial charge in [0.25, 0.3) is 0 Å². The van der Waals surface area contributed by atoms with Crippen LogP contribution in [0.25, 0.3) is 17.0 Å². The van der Waals surface area contributed by atoms with Crippen LogP contribution in [-0.2, 0) is 16.1 Å². The second-order valence-corrected chi connectivity index (χ2v) is 7.49. The lowest BCUT2D eigenvalue weighted by atomic mass is 10.2. The maximum Gasteiger partial charge on any atom is 0.233 e. The van der Waals surface area contributed by atoms with Gasteiger partial charge in [-0.15, -0.1) is 0 Å². The van der Waals surface area contributed by atoms with Gasteiger partial charge in [0.2, 0.25) is 11.9 Å². The van der Waals surface area contributed by atoms with E-state index in [0.29, 0.717) is 11.8 Å². The molecule has 2 fully saturated rings. The zero-order valence-electron chi connectivity index (χ0n) is 15.4. The number of hydrogen-bond donors (Lipinski definition) is 1. The van der Waals surface area contributed by atoms with Crippen molar-refractivity contribution in [3.63, 3.8) is 0 Å². The molecular weight excluding hydrogens is 342 g/mol. The van der Waals surface area contributed by atoms with Crippen LogP contribution in [0.4, 0.5) is 5.82 Å². The molecule has 3 heterocycles. The number of amides is 1. The van der Waals surface area contributed by atoms with Gasteiger partial charge < -0.3 is 14.6 Å². The number of aromatic nitrogens is 4. The number of imidazole rings is 1. The molecule has 140 valence electrons. The third kappa shape index (κ3) is 3.12. The number of anilines is 1. The topological polar surface area (TPSA) is 74.0 Å². The van der Waals surface area contributed by atoms with E-state index in [1.807, 2.05) is 31.2 Å². The Labute approximate surface area is 157 Å². The highest BCUT2D eigenvalue weighted by atomic mass is 16.5. The lowest BCUT2D eigenvalue weighted by Gasteiger charge is -2.15. The Morgan fingerprint density at radius 1 is 1.30 bits per heavy atom. The highest BCUT2D eigenvalue weighted by Crippen LogP contribution is 2.31. The fourth-order valence-corrected chi connectivity index (χ4v) is 3.71. The smallest absolute Gasteiger partial charge is 0.233 e. The van der Waals surface area contributed by atoms with Crippen molar-refractivity contribution in [2.45, 2.75) is 45.3 Å². The SMILES string of the molecule is Cc1cc(NC(=O)C2CC2)n(-c2nc3ccccc3n2CC2CCCO2)n1. The van der Waals surface area contributed by atoms with Gasteiger partial charge in [-0.05, 0) is 44.7 Å². The standard InChI is InChI=1S/C20H23N5O2/c1-13-11-18(22-19(26)14-8-9-14)25(23-13)20-21-16-6-2-3-7-17(16)24(20)12-15-5-4-10-27-15/h2-3,6-7,11,14-15H,4-5,8-10,12H2,1H3,(H,22,26). The van der Waals surface area contributed by atoms with Gasteiger partial charge in [-0.1, -0.05) is 12.1 Å².